The fourth-order valence-electron chi connectivity index (χ4n) is 2.31. The van der Waals surface area contributed by atoms with Crippen molar-refractivity contribution in [3.63, 3.8) is 0 Å². The lowest BCUT2D eigenvalue weighted by Crippen LogP contribution is -2.14. The lowest BCUT2D eigenvalue weighted by molar-refractivity contribution is 0.600. The van der Waals surface area contributed by atoms with E-state index >= 15 is 0 Å². The summed E-state index contributed by atoms with van der Waals surface area (Å²) in [6, 6.07) is 12.4. The zero-order valence-electron chi connectivity index (χ0n) is 12.6. The van der Waals surface area contributed by atoms with Gasteiger partial charge in [-0.15, -0.1) is 5.10 Å². The van der Waals surface area contributed by atoms with Gasteiger partial charge in [-0.05, 0) is 54.7 Å². The molecule has 0 aliphatic carbocycles. The number of benzene rings is 2. The minimum atomic E-state index is -3.60. The Morgan fingerprint density at radius 3 is 2.39 bits per heavy atom. The van der Waals surface area contributed by atoms with Gasteiger partial charge in [-0.3, -0.25) is 4.72 Å². The summed E-state index contributed by atoms with van der Waals surface area (Å²) in [5, 5.41) is 3.79. The molecule has 0 radical (unpaired) electrons. The number of hydrogen-bond acceptors (Lipinski definition) is 5. The average molecular weight is 345 g/mol. The van der Waals surface area contributed by atoms with E-state index in [-0.39, 0.29) is 0 Å². The summed E-state index contributed by atoms with van der Waals surface area (Å²) in [5.74, 6) is 0. The van der Waals surface area contributed by atoms with Crippen LogP contribution in [-0.2, 0) is 10.0 Å². The smallest absolute Gasteiger partial charge is 0.262 e. The lowest BCUT2D eigenvalue weighted by atomic mass is 10.2. The summed E-state index contributed by atoms with van der Waals surface area (Å²) in [7, 11) is -3.60. The molecule has 3 rings (SSSR count). The van der Waals surface area contributed by atoms with Crippen LogP contribution in [0.1, 0.15) is 11.1 Å². The van der Waals surface area contributed by atoms with Crippen LogP contribution in [-0.4, -0.2) is 18.0 Å². The summed E-state index contributed by atoms with van der Waals surface area (Å²) < 4.78 is 31.5. The van der Waals surface area contributed by atoms with Gasteiger partial charge >= 0.3 is 0 Å². The second kappa shape index (κ2) is 6.10. The molecule has 0 saturated heterocycles. The van der Waals surface area contributed by atoms with Crippen molar-refractivity contribution >= 4 is 27.2 Å². The topological polar surface area (TPSA) is 72.0 Å². The van der Waals surface area contributed by atoms with Crippen LogP contribution in [0.2, 0.25) is 0 Å². The molecule has 0 atom stereocenters. The first-order chi connectivity index (χ1) is 11.0. The van der Waals surface area contributed by atoms with E-state index in [0.29, 0.717) is 10.6 Å². The van der Waals surface area contributed by atoms with Crippen molar-refractivity contribution in [2.24, 2.45) is 0 Å². The second-order valence-electron chi connectivity index (χ2n) is 5.23. The molecule has 23 heavy (non-hydrogen) atoms. The normalized spacial score (nSPS) is 11.4. The SMILES string of the molecule is Cc1ccc(S(=O)(=O)Nc2ccc(-c3cnns3)cc2)c(C)c1. The van der Waals surface area contributed by atoms with Crippen LogP contribution >= 0.6 is 11.5 Å². The molecule has 0 spiro atoms. The fraction of sp³-hybridized carbons (Fsp3) is 0.125. The zero-order chi connectivity index (χ0) is 16.4. The van der Waals surface area contributed by atoms with Gasteiger partial charge in [-0.1, -0.05) is 34.3 Å². The standard InChI is InChI=1S/C16H15N3O2S2/c1-11-3-8-16(12(2)9-11)23(20,21)18-14-6-4-13(5-7-14)15-10-17-19-22-15/h3-10,18H,1-2H3. The Hall–Kier alpha value is -2.25. The van der Waals surface area contributed by atoms with Gasteiger partial charge in [0, 0.05) is 5.69 Å². The molecule has 2 aromatic carbocycles. The quantitative estimate of drug-likeness (QED) is 0.784. The molecule has 0 saturated carbocycles. The number of nitrogens with zero attached hydrogens (tertiary/aromatic N) is 2. The van der Waals surface area contributed by atoms with Crippen molar-refractivity contribution in [3.05, 3.63) is 59.8 Å². The molecular weight excluding hydrogens is 330 g/mol. The third kappa shape index (κ3) is 3.40. The predicted molar refractivity (Wildman–Crippen MR) is 92.1 cm³/mol. The molecule has 5 nitrogen and oxygen atoms in total. The zero-order valence-corrected chi connectivity index (χ0v) is 14.3. The minimum Gasteiger partial charge on any atom is -0.280 e. The molecule has 0 aliphatic rings. The van der Waals surface area contributed by atoms with Crippen LogP contribution < -0.4 is 4.72 Å². The van der Waals surface area contributed by atoms with Gasteiger partial charge in [-0.25, -0.2) is 8.42 Å². The Morgan fingerprint density at radius 2 is 1.78 bits per heavy atom. The van der Waals surface area contributed by atoms with Crippen LogP contribution in [0.15, 0.2) is 53.6 Å². The van der Waals surface area contributed by atoms with E-state index in [1.54, 1.807) is 37.4 Å². The van der Waals surface area contributed by atoms with Crippen molar-refractivity contribution in [1.29, 1.82) is 0 Å². The molecule has 118 valence electrons. The molecule has 0 aliphatic heterocycles. The molecular formula is C16H15N3O2S2. The van der Waals surface area contributed by atoms with Crippen molar-refractivity contribution in [1.82, 2.24) is 9.59 Å². The third-order valence-electron chi connectivity index (χ3n) is 3.40. The Kier molecular flexibility index (Phi) is 4.14. The van der Waals surface area contributed by atoms with Gasteiger partial charge in [0.05, 0.1) is 16.0 Å². The summed E-state index contributed by atoms with van der Waals surface area (Å²) in [6.45, 7) is 3.73. The molecule has 0 amide bonds. The second-order valence-corrected chi connectivity index (χ2v) is 7.67. The fourth-order valence-corrected chi connectivity index (χ4v) is 4.11. The highest BCUT2D eigenvalue weighted by atomic mass is 32.2. The van der Waals surface area contributed by atoms with Gasteiger partial charge in [0.25, 0.3) is 10.0 Å². The highest BCUT2D eigenvalue weighted by Crippen LogP contribution is 2.25. The molecule has 0 bridgehead atoms. The number of aromatic nitrogens is 2. The number of hydrogen-bond donors (Lipinski definition) is 1. The summed E-state index contributed by atoms with van der Waals surface area (Å²) >= 11 is 1.30. The lowest BCUT2D eigenvalue weighted by Gasteiger charge is -2.11. The molecule has 0 unspecified atom stereocenters. The molecule has 1 N–H and O–H groups in total. The highest BCUT2D eigenvalue weighted by molar-refractivity contribution is 7.92. The van der Waals surface area contributed by atoms with E-state index < -0.39 is 10.0 Å². The van der Waals surface area contributed by atoms with Crippen LogP contribution in [0.3, 0.4) is 0 Å². The van der Waals surface area contributed by atoms with Crippen molar-refractivity contribution in [2.75, 3.05) is 4.72 Å². The third-order valence-corrected chi connectivity index (χ3v) is 5.66. The van der Waals surface area contributed by atoms with E-state index in [0.717, 1.165) is 21.6 Å². The van der Waals surface area contributed by atoms with Crippen LogP contribution in [0, 0.1) is 13.8 Å². The first-order valence-corrected chi connectivity index (χ1v) is 9.19. The molecule has 7 heteroatoms. The van der Waals surface area contributed by atoms with Gasteiger partial charge < -0.3 is 0 Å². The van der Waals surface area contributed by atoms with Crippen molar-refractivity contribution < 1.29 is 8.42 Å². The van der Waals surface area contributed by atoms with Gasteiger partial charge in [-0.2, -0.15) is 0 Å². The first kappa shape index (κ1) is 15.6. The summed E-state index contributed by atoms with van der Waals surface area (Å²) in [5.41, 5.74) is 3.23. The van der Waals surface area contributed by atoms with Gasteiger partial charge in [0.2, 0.25) is 0 Å². The van der Waals surface area contributed by atoms with Crippen LogP contribution in [0.5, 0.6) is 0 Å². The van der Waals surface area contributed by atoms with Crippen LogP contribution in [0.4, 0.5) is 5.69 Å². The van der Waals surface area contributed by atoms with E-state index in [2.05, 4.69) is 14.3 Å². The van der Waals surface area contributed by atoms with Gasteiger partial charge in [0.1, 0.15) is 0 Å². The van der Waals surface area contributed by atoms with Crippen LogP contribution in [0.25, 0.3) is 10.4 Å². The monoisotopic (exact) mass is 345 g/mol. The molecule has 3 aromatic rings. The maximum absolute atomic E-state index is 12.5. The van der Waals surface area contributed by atoms with E-state index in [4.69, 9.17) is 0 Å². The Labute approximate surface area is 139 Å². The maximum Gasteiger partial charge on any atom is 0.262 e. The average Bonchev–Trinajstić information content (AvgIpc) is 3.01. The minimum absolute atomic E-state index is 0.291. The van der Waals surface area contributed by atoms with E-state index in [9.17, 15) is 8.42 Å². The summed E-state index contributed by atoms with van der Waals surface area (Å²) in [6.07, 6.45) is 1.68. The number of aryl methyl sites for hydroxylation is 2. The van der Waals surface area contributed by atoms with Gasteiger partial charge in [0.15, 0.2) is 0 Å². The molecule has 1 aromatic heterocycles. The Bertz CT molecular complexity index is 918. The Morgan fingerprint density at radius 1 is 1.04 bits per heavy atom. The first-order valence-electron chi connectivity index (χ1n) is 6.93. The van der Waals surface area contributed by atoms with Crippen molar-refractivity contribution in [2.45, 2.75) is 18.7 Å². The molecule has 0 fully saturated rings. The number of rotatable bonds is 4. The van der Waals surface area contributed by atoms with E-state index in [1.807, 2.05) is 25.1 Å². The summed E-state index contributed by atoms with van der Waals surface area (Å²) in [4.78, 5) is 1.23. The predicted octanol–water partition coefficient (Wildman–Crippen LogP) is 3.62. The largest absolute Gasteiger partial charge is 0.280 e. The maximum atomic E-state index is 12.5. The Balaban J connectivity index is 1.86. The number of nitrogens with one attached hydrogen (secondary N) is 1. The van der Waals surface area contributed by atoms with E-state index in [1.165, 1.54) is 11.5 Å². The highest BCUT2D eigenvalue weighted by Gasteiger charge is 2.16. The number of anilines is 1. The molecule has 1 heterocycles. The van der Waals surface area contributed by atoms with Crippen molar-refractivity contribution in [3.8, 4) is 10.4 Å². The number of sulfonamides is 1.